The van der Waals surface area contributed by atoms with E-state index >= 15 is 0 Å². The number of alkyl carbamates (subject to hydrolysis) is 1. The molecule has 6 aromatic rings. The highest BCUT2D eigenvalue weighted by molar-refractivity contribution is 5.91. The van der Waals surface area contributed by atoms with Gasteiger partial charge in [-0.25, -0.2) is 14.8 Å². The van der Waals surface area contributed by atoms with Crippen molar-refractivity contribution in [1.82, 2.24) is 40.4 Å². The number of rotatable bonds is 13. The smallest absolute Gasteiger partial charge is 0.407 e. The van der Waals surface area contributed by atoms with Gasteiger partial charge in [-0.15, -0.1) is 0 Å². The van der Waals surface area contributed by atoms with Gasteiger partial charge in [-0.1, -0.05) is 92.7 Å². The zero-order chi connectivity index (χ0) is 41.8. The molecule has 2 fully saturated rings. The number of benzene rings is 4. The maximum Gasteiger partial charge on any atom is 0.407 e. The van der Waals surface area contributed by atoms with Gasteiger partial charge >= 0.3 is 6.09 Å². The second-order valence-corrected chi connectivity index (χ2v) is 15.9. The average molecular weight is 809 g/mol. The topological polar surface area (TPSA) is 158 Å². The Labute approximate surface area is 349 Å². The van der Waals surface area contributed by atoms with Gasteiger partial charge in [0, 0.05) is 25.8 Å². The molecule has 3 amide bonds. The Hall–Kier alpha value is -6.31. The van der Waals surface area contributed by atoms with Crippen molar-refractivity contribution < 1.29 is 23.9 Å². The Bertz CT molecular complexity index is 2450. The zero-order valence-electron chi connectivity index (χ0n) is 34.5. The third-order valence-electron chi connectivity index (χ3n) is 11.8. The summed E-state index contributed by atoms with van der Waals surface area (Å²) >= 11 is 0. The summed E-state index contributed by atoms with van der Waals surface area (Å²) in [6.07, 6.45) is 6.46. The number of ether oxygens (including phenoxy) is 2. The highest BCUT2D eigenvalue weighted by Crippen LogP contribution is 2.36. The molecule has 0 aliphatic carbocycles. The summed E-state index contributed by atoms with van der Waals surface area (Å²) in [5.41, 5.74) is 6.92. The van der Waals surface area contributed by atoms with Crippen molar-refractivity contribution in [3.05, 3.63) is 121 Å². The number of imidazole rings is 2. The van der Waals surface area contributed by atoms with Gasteiger partial charge in [0.05, 0.1) is 49.7 Å². The molecule has 0 bridgehead atoms. The van der Waals surface area contributed by atoms with Gasteiger partial charge in [0.25, 0.3) is 0 Å². The van der Waals surface area contributed by atoms with Crippen molar-refractivity contribution in [2.45, 2.75) is 63.7 Å². The Morgan fingerprint density at radius 3 is 1.87 bits per heavy atom. The summed E-state index contributed by atoms with van der Waals surface area (Å²) in [5.74, 6) is 1.31. The molecule has 0 saturated carbocycles. The van der Waals surface area contributed by atoms with Crippen molar-refractivity contribution >= 4 is 28.7 Å². The summed E-state index contributed by atoms with van der Waals surface area (Å²) < 4.78 is 10.0. The summed E-state index contributed by atoms with van der Waals surface area (Å²) in [4.78, 5) is 59.8. The molecule has 4 N–H and O–H groups in total. The van der Waals surface area contributed by atoms with Crippen molar-refractivity contribution in [2.24, 2.45) is 5.92 Å². The van der Waals surface area contributed by atoms with Gasteiger partial charge < -0.3 is 34.6 Å². The third-order valence-corrected chi connectivity index (χ3v) is 11.8. The minimum absolute atomic E-state index is 0.0129. The molecule has 0 unspecified atom stereocenters. The molecule has 60 heavy (non-hydrogen) atoms. The predicted molar refractivity (Wildman–Crippen MR) is 230 cm³/mol. The summed E-state index contributed by atoms with van der Waals surface area (Å²) in [6, 6.07) is 29.5. The van der Waals surface area contributed by atoms with Crippen LogP contribution in [0.3, 0.4) is 0 Å². The van der Waals surface area contributed by atoms with Crippen LogP contribution >= 0.6 is 0 Å². The first kappa shape index (κ1) is 40.5. The molecule has 0 radical (unpaired) electrons. The molecule has 310 valence electrons. The molecule has 2 aromatic heterocycles. The van der Waals surface area contributed by atoms with Crippen LogP contribution in [0.4, 0.5) is 4.79 Å². The summed E-state index contributed by atoms with van der Waals surface area (Å²) in [5, 5.41) is 8.19. The van der Waals surface area contributed by atoms with E-state index in [2.05, 4.69) is 81.3 Å². The fraction of sp³-hybridized carbons (Fsp3) is 0.340. The van der Waals surface area contributed by atoms with E-state index in [1.807, 2.05) is 66.4 Å². The molecular weight excluding hydrogens is 757 g/mol. The molecule has 2 aliphatic rings. The van der Waals surface area contributed by atoms with Crippen molar-refractivity contribution in [2.75, 3.05) is 34.0 Å². The molecular formula is C47H52N8O5. The maximum absolute atomic E-state index is 13.9. The largest absolute Gasteiger partial charge is 0.453 e. The quantitative estimate of drug-likeness (QED) is 0.0858. The molecule has 8 rings (SSSR count). The van der Waals surface area contributed by atoms with E-state index in [0.29, 0.717) is 13.1 Å². The first-order valence-electron chi connectivity index (χ1n) is 20.7. The summed E-state index contributed by atoms with van der Waals surface area (Å²) in [7, 11) is 2.91. The Morgan fingerprint density at radius 2 is 1.27 bits per heavy atom. The van der Waals surface area contributed by atoms with Crippen LogP contribution in [0.25, 0.3) is 44.4 Å². The number of carbonyl (C=O) groups excluding carboxylic acids is 3. The van der Waals surface area contributed by atoms with Crippen LogP contribution < -0.4 is 10.6 Å². The zero-order valence-corrected chi connectivity index (χ0v) is 34.5. The molecule has 13 heteroatoms. The highest BCUT2D eigenvalue weighted by atomic mass is 16.5. The van der Waals surface area contributed by atoms with Gasteiger partial charge in [0.1, 0.15) is 23.7 Å². The lowest BCUT2D eigenvalue weighted by molar-refractivity contribution is -0.136. The average Bonchev–Trinajstić information content (AvgIpc) is 4.13. The molecule has 4 atom stereocenters. The van der Waals surface area contributed by atoms with Crippen molar-refractivity contribution in [3.63, 3.8) is 0 Å². The maximum atomic E-state index is 13.9. The van der Waals surface area contributed by atoms with Crippen molar-refractivity contribution in [3.8, 4) is 33.6 Å². The number of carbonyl (C=O) groups is 3. The minimum Gasteiger partial charge on any atom is -0.453 e. The number of aromatic amines is 2. The number of methoxy groups -OCH3 is 2. The number of aromatic nitrogens is 4. The number of hydrogen-bond acceptors (Lipinski definition) is 8. The van der Waals surface area contributed by atoms with Crippen LogP contribution in [-0.4, -0.2) is 87.7 Å². The first-order chi connectivity index (χ1) is 29.2. The van der Waals surface area contributed by atoms with E-state index in [9.17, 15) is 14.4 Å². The van der Waals surface area contributed by atoms with Crippen LogP contribution in [0, 0.1) is 5.92 Å². The van der Waals surface area contributed by atoms with E-state index < -0.39 is 18.2 Å². The second kappa shape index (κ2) is 17.9. The molecule has 0 spiro atoms. The Morgan fingerprint density at radius 1 is 0.717 bits per heavy atom. The van der Waals surface area contributed by atoms with Crippen LogP contribution in [-0.2, 0) is 19.1 Å². The third kappa shape index (κ3) is 8.41. The van der Waals surface area contributed by atoms with Crippen LogP contribution in [0.2, 0.25) is 0 Å². The summed E-state index contributed by atoms with van der Waals surface area (Å²) in [6.45, 7) is 5.36. The number of nitrogens with zero attached hydrogens (tertiary/aromatic N) is 4. The standard InChI is InChI=1S/C47H52N8O5/c1-29(2)41(53-47(58)60-4)45(56)54-22-8-12-39(54)44-49-27-38(52-44)36-21-20-34-24-33(18-19-35(34)25-36)30-14-16-31(17-15-30)37-26-48-43(51-37)40-13-9-23-55(40)46(57)42(50-28-59-3)32-10-6-5-7-11-32/h5-7,10-11,14-21,24-27,29,39-42,50H,8-9,12-13,22-23,28H2,1-4H3,(H,48,51)(H,49,52)(H,53,58)/t39-,40-,41-,42-/m0/s1. The van der Waals surface area contributed by atoms with E-state index in [0.717, 1.165) is 87.3 Å². The highest BCUT2D eigenvalue weighted by Gasteiger charge is 2.38. The SMILES string of the molecule is COCN[C@H](C(=O)N1CCC[C@H]1c1ncc(-c2ccc(-c3ccc4cc(-c5cnc([C@@H]6CCCN6C(=O)[C@@H](NC(=O)OC)C(C)C)[nH]5)ccc4c3)cc2)[nH]1)c1ccccc1. The van der Waals surface area contributed by atoms with Crippen molar-refractivity contribution in [1.29, 1.82) is 0 Å². The number of amides is 3. The van der Waals surface area contributed by atoms with Crippen LogP contribution in [0.5, 0.6) is 0 Å². The number of fused-ring (bicyclic) bond motifs is 1. The van der Waals surface area contributed by atoms with Gasteiger partial charge in [0.2, 0.25) is 11.8 Å². The lowest BCUT2D eigenvalue weighted by Gasteiger charge is -2.30. The monoisotopic (exact) mass is 808 g/mol. The minimum atomic E-state index is -0.683. The Balaban J connectivity index is 0.939. The fourth-order valence-electron chi connectivity index (χ4n) is 8.57. The fourth-order valence-corrected chi connectivity index (χ4v) is 8.57. The van der Waals surface area contributed by atoms with E-state index in [-0.39, 0.29) is 36.5 Å². The van der Waals surface area contributed by atoms with E-state index in [1.165, 1.54) is 7.11 Å². The Kier molecular flexibility index (Phi) is 12.1. The van der Waals surface area contributed by atoms with Crippen LogP contribution in [0.1, 0.15) is 74.9 Å². The lowest BCUT2D eigenvalue weighted by Crippen LogP contribution is -2.51. The molecule has 2 aliphatic heterocycles. The van der Waals surface area contributed by atoms with Gasteiger partial charge in [-0.2, -0.15) is 0 Å². The first-order valence-corrected chi connectivity index (χ1v) is 20.7. The molecule has 13 nitrogen and oxygen atoms in total. The van der Waals surface area contributed by atoms with Gasteiger partial charge in [-0.3, -0.25) is 14.9 Å². The van der Waals surface area contributed by atoms with Gasteiger partial charge in [-0.05, 0) is 76.8 Å². The number of nitrogens with one attached hydrogen (secondary N) is 4. The van der Waals surface area contributed by atoms with Crippen LogP contribution in [0.15, 0.2) is 103 Å². The lowest BCUT2D eigenvalue weighted by atomic mass is 9.98. The van der Waals surface area contributed by atoms with E-state index in [1.54, 1.807) is 7.11 Å². The van der Waals surface area contributed by atoms with Gasteiger partial charge in [0.15, 0.2) is 0 Å². The number of hydrogen-bond donors (Lipinski definition) is 4. The number of likely N-dealkylation sites (tertiary alicyclic amines) is 2. The normalized spacial score (nSPS) is 17.6. The molecule has 4 aromatic carbocycles. The molecule has 4 heterocycles. The number of H-pyrrole nitrogens is 2. The van der Waals surface area contributed by atoms with E-state index in [4.69, 9.17) is 19.4 Å². The molecule has 2 saturated heterocycles. The predicted octanol–water partition coefficient (Wildman–Crippen LogP) is 7.93. The second-order valence-electron chi connectivity index (χ2n) is 15.9.